The number of hydrogen-bond donors (Lipinski definition) is 1. The van der Waals surface area contributed by atoms with Crippen molar-refractivity contribution in [2.75, 3.05) is 13.1 Å². The zero-order chi connectivity index (χ0) is 21.2. The van der Waals surface area contributed by atoms with E-state index in [4.69, 9.17) is 0 Å². The molecule has 0 aromatic heterocycles. The third-order valence-corrected chi connectivity index (χ3v) is 5.52. The summed E-state index contributed by atoms with van der Waals surface area (Å²) in [4.78, 5) is 40.5. The van der Waals surface area contributed by atoms with Gasteiger partial charge in [-0.05, 0) is 37.6 Å². The van der Waals surface area contributed by atoms with Crippen LogP contribution in [-0.4, -0.2) is 40.7 Å². The molecule has 2 aromatic carbocycles. The maximum absolute atomic E-state index is 14.1. The summed E-state index contributed by atoms with van der Waals surface area (Å²) in [6.45, 7) is 3.32. The van der Waals surface area contributed by atoms with E-state index in [1.807, 2.05) is 6.07 Å². The quantitative estimate of drug-likeness (QED) is 0.670. The number of halogens is 2. The normalized spacial score (nSPS) is 18.7. The van der Waals surface area contributed by atoms with Gasteiger partial charge in [-0.1, -0.05) is 46.3 Å². The summed E-state index contributed by atoms with van der Waals surface area (Å²) >= 11 is 3.29. The van der Waals surface area contributed by atoms with Gasteiger partial charge in [0.25, 0.3) is 5.91 Å². The highest BCUT2D eigenvalue weighted by Gasteiger charge is 2.49. The molecular weight excluding hydrogens is 441 g/mol. The van der Waals surface area contributed by atoms with Crippen LogP contribution in [0, 0.1) is 5.82 Å². The van der Waals surface area contributed by atoms with E-state index < -0.39 is 35.7 Å². The average molecular weight is 462 g/mol. The van der Waals surface area contributed by atoms with Crippen molar-refractivity contribution >= 4 is 33.8 Å². The molecule has 1 fully saturated rings. The molecule has 152 valence electrons. The molecule has 29 heavy (non-hydrogen) atoms. The van der Waals surface area contributed by atoms with Gasteiger partial charge in [0.05, 0.1) is 0 Å². The van der Waals surface area contributed by atoms with Crippen LogP contribution in [-0.2, 0) is 21.7 Å². The zero-order valence-corrected chi connectivity index (χ0v) is 17.7. The van der Waals surface area contributed by atoms with E-state index in [2.05, 4.69) is 21.2 Å². The largest absolute Gasteiger partial charge is 0.337 e. The Morgan fingerprint density at radius 2 is 1.90 bits per heavy atom. The maximum atomic E-state index is 14.1. The Bertz CT molecular complexity index is 953. The number of benzene rings is 2. The van der Waals surface area contributed by atoms with Crippen molar-refractivity contribution in [3.8, 4) is 0 Å². The van der Waals surface area contributed by atoms with Crippen LogP contribution in [0.5, 0.6) is 0 Å². The molecule has 1 heterocycles. The Morgan fingerprint density at radius 3 is 2.55 bits per heavy atom. The second-order valence-corrected chi connectivity index (χ2v) is 7.87. The van der Waals surface area contributed by atoms with Gasteiger partial charge in [-0.25, -0.2) is 9.18 Å². The van der Waals surface area contributed by atoms with Gasteiger partial charge in [-0.2, -0.15) is 0 Å². The summed E-state index contributed by atoms with van der Waals surface area (Å²) < 4.78 is 14.8. The molecule has 0 bridgehead atoms. The molecule has 0 aliphatic carbocycles. The van der Waals surface area contributed by atoms with Crippen molar-refractivity contribution in [3.63, 3.8) is 0 Å². The molecule has 1 saturated heterocycles. The van der Waals surface area contributed by atoms with Crippen LogP contribution in [0.4, 0.5) is 9.18 Å². The number of nitrogens with zero attached hydrogens (tertiary/aromatic N) is 2. The van der Waals surface area contributed by atoms with Gasteiger partial charge in [0.2, 0.25) is 5.91 Å². The average Bonchev–Trinajstić information content (AvgIpc) is 2.93. The van der Waals surface area contributed by atoms with Gasteiger partial charge in [0.1, 0.15) is 17.9 Å². The predicted molar refractivity (Wildman–Crippen MR) is 109 cm³/mol. The molecule has 6 nitrogen and oxygen atoms in total. The van der Waals surface area contributed by atoms with Gasteiger partial charge in [-0.15, -0.1) is 0 Å². The molecule has 0 saturated carbocycles. The molecule has 0 radical (unpaired) electrons. The van der Waals surface area contributed by atoms with Crippen molar-refractivity contribution < 1.29 is 18.8 Å². The van der Waals surface area contributed by atoms with E-state index in [0.717, 1.165) is 4.90 Å². The molecule has 2 aromatic rings. The highest BCUT2D eigenvalue weighted by Crippen LogP contribution is 2.28. The standard InChI is InChI=1S/C21H21BrFN3O3/c1-3-25(12-14-11-16(22)9-10-17(14)23)18(27)13-26-19(28)21(2,24-20(26)29)15-7-5-4-6-8-15/h4-11H,3,12-13H2,1-2H3,(H,24,29). The first kappa shape index (κ1) is 21.0. The number of likely N-dealkylation sites (N-methyl/N-ethyl adjacent to an activating group) is 1. The smallest absolute Gasteiger partial charge is 0.325 e. The molecule has 1 atom stereocenters. The molecule has 0 spiro atoms. The van der Waals surface area contributed by atoms with Crippen molar-refractivity contribution in [2.45, 2.75) is 25.9 Å². The lowest BCUT2D eigenvalue weighted by molar-refractivity contribution is -0.139. The van der Waals surface area contributed by atoms with Crippen LogP contribution < -0.4 is 5.32 Å². The Balaban J connectivity index is 1.76. The van der Waals surface area contributed by atoms with Crippen molar-refractivity contribution in [3.05, 3.63) is 69.9 Å². The fourth-order valence-corrected chi connectivity index (χ4v) is 3.70. The summed E-state index contributed by atoms with van der Waals surface area (Å²) in [7, 11) is 0. The van der Waals surface area contributed by atoms with Crippen molar-refractivity contribution in [1.29, 1.82) is 0 Å². The van der Waals surface area contributed by atoms with Crippen molar-refractivity contribution in [1.82, 2.24) is 15.1 Å². The van der Waals surface area contributed by atoms with Gasteiger partial charge >= 0.3 is 6.03 Å². The maximum Gasteiger partial charge on any atom is 0.325 e. The minimum Gasteiger partial charge on any atom is -0.337 e. The molecule has 3 rings (SSSR count). The summed E-state index contributed by atoms with van der Waals surface area (Å²) in [5.41, 5.74) is -0.246. The number of nitrogens with one attached hydrogen (secondary N) is 1. The molecule has 8 heteroatoms. The van der Waals surface area contributed by atoms with Crippen molar-refractivity contribution in [2.24, 2.45) is 0 Å². The Kier molecular flexibility index (Phi) is 6.02. The Labute approximate surface area is 176 Å². The first-order valence-electron chi connectivity index (χ1n) is 9.17. The lowest BCUT2D eigenvalue weighted by Gasteiger charge is -2.25. The van der Waals surface area contributed by atoms with E-state index in [1.165, 1.54) is 11.0 Å². The number of urea groups is 1. The van der Waals surface area contributed by atoms with Crippen LogP contribution in [0.3, 0.4) is 0 Å². The van der Waals surface area contributed by atoms with Crippen LogP contribution in [0.25, 0.3) is 0 Å². The third-order valence-electron chi connectivity index (χ3n) is 5.02. The van der Waals surface area contributed by atoms with Gasteiger partial charge in [-0.3, -0.25) is 14.5 Å². The molecular formula is C21H21BrFN3O3. The number of rotatable bonds is 6. The summed E-state index contributed by atoms with van der Waals surface area (Å²) in [6, 6.07) is 12.7. The third kappa shape index (κ3) is 4.17. The van der Waals surface area contributed by atoms with E-state index in [9.17, 15) is 18.8 Å². The SMILES string of the molecule is CCN(Cc1cc(Br)ccc1F)C(=O)CN1C(=O)NC(C)(c2ccccc2)C1=O. The number of imide groups is 1. The fraction of sp³-hybridized carbons (Fsp3) is 0.286. The minimum absolute atomic E-state index is 0.0419. The second-order valence-electron chi connectivity index (χ2n) is 6.96. The van der Waals surface area contributed by atoms with Gasteiger partial charge in [0.15, 0.2) is 0 Å². The number of carbonyl (C=O) groups excluding carboxylic acids is 3. The van der Waals surface area contributed by atoms with Gasteiger partial charge in [0, 0.05) is 23.1 Å². The van der Waals surface area contributed by atoms with E-state index in [0.29, 0.717) is 22.1 Å². The first-order valence-corrected chi connectivity index (χ1v) is 9.97. The lowest BCUT2D eigenvalue weighted by atomic mass is 9.92. The predicted octanol–water partition coefficient (Wildman–Crippen LogP) is 3.40. The number of carbonyl (C=O) groups is 3. The van der Waals surface area contributed by atoms with E-state index >= 15 is 0 Å². The zero-order valence-electron chi connectivity index (χ0n) is 16.1. The Hall–Kier alpha value is -2.74. The van der Waals surface area contributed by atoms with E-state index in [1.54, 1.807) is 50.2 Å². The second kappa shape index (κ2) is 8.32. The molecule has 1 aliphatic heterocycles. The summed E-state index contributed by atoms with van der Waals surface area (Å²) in [5, 5.41) is 2.68. The topological polar surface area (TPSA) is 69.7 Å². The first-order chi connectivity index (χ1) is 13.8. The summed E-state index contributed by atoms with van der Waals surface area (Å²) in [5.74, 6) is -1.36. The van der Waals surface area contributed by atoms with Crippen LogP contribution >= 0.6 is 15.9 Å². The fourth-order valence-electron chi connectivity index (χ4n) is 3.29. The molecule has 1 unspecified atom stereocenters. The highest BCUT2D eigenvalue weighted by molar-refractivity contribution is 9.10. The summed E-state index contributed by atoms with van der Waals surface area (Å²) in [6.07, 6.45) is 0. The number of hydrogen-bond acceptors (Lipinski definition) is 3. The number of amides is 4. The highest BCUT2D eigenvalue weighted by atomic mass is 79.9. The molecule has 4 amide bonds. The van der Waals surface area contributed by atoms with Crippen LogP contribution in [0.2, 0.25) is 0 Å². The lowest BCUT2D eigenvalue weighted by Crippen LogP contribution is -2.44. The van der Waals surface area contributed by atoms with Gasteiger partial charge < -0.3 is 10.2 Å². The minimum atomic E-state index is -1.23. The Morgan fingerprint density at radius 1 is 1.21 bits per heavy atom. The van der Waals surface area contributed by atoms with E-state index in [-0.39, 0.29) is 6.54 Å². The molecule has 1 N–H and O–H groups in total. The monoisotopic (exact) mass is 461 g/mol. The van der Waals surface area contributed by atoms with Crippen LogP contribution in [0.1, 0.15) is 25.0 Å². The van der Waals surface area contributed by atoms with Crippen LogP contribution in [0.15, 0.2) is 53.0 Å². The molecule has 1 aliphatic rings.